The number of amides is 1. The number of carbonyl (C=O) groups excluding carboxylic acids is 1. The molecule has 7 nitrogen and oxygen atoms in total. The minimum atomic E-state index is -0.409. The van der Waals surface area contributed by atoms with Crippen LogP contribution in [0.5, 0.6) is 0 Å². The Hall–Kier alpha value is -3.74. The van der Waals surface area contributed by atoms with Gasteiger partial charge in [-0.15, -0.1) is 0 Å². The molecular weight excluding hydrogens is 390 g/mol. The summed E-state index contributed by atoms with van der Waals surface area (Å²) in [7, 11) is 0. The van der Waals surface area contributed by atoms with Crippen LogP contribution in [0.2, 0.25) is 0 Å². The molecule has 0 radical (unpaired) electrons. The van der Waals surface area contributed by atoms with E-state index < -0.39 is 6.04 Å². The Kier molecular flexibility index (Phi) is 5.66. The van der Waals surface area contributed by atoms with Crippen LogP contribution in [0.15, 0.2) is 59.1 Å². The molecule has 0 aliphatic rings. The lowest BCUT2D eigenvalue weighted by Gasteiger charge is -2.10. The molecule has 0 unspecified atom stereocenters. The van der Waals surface area contributed by atoms with E-state index in [0.717, 1.165) is 28.1 Å². The minimum absolute atomic E-state index is 0.194. The number of aromatic nitrogens is 4. The number of nitrogens with one attached hydrogen (secondary N) is 1. The van der Waals surface area contributed by atoms with Gasteiger partial charge in [-0.2, -0.15) is 10.1 Å². The second kappa shape index (κ2) is 8.55. The quantitative estimate of drug-likeness (QED) is 0.504. The number of rotatable bonds is 6. The highest BCUT2D eigenvalue weighted by Gasteiger charge is 2.18. The molecule has 0 aliphatic heterocycles. The van der Waals surface area contributed by atoms with Crippen molar-refractivity contribution in [3.05, 3.63) is 88.6 Å². The molecule has 1 atom stereocenters. The topological polar surface area (TPSA) is 85.8 Å². The lowest BCUT2D eigenvalue weighted by atomic mass is 10.1. The third-order valence-electron chi connectivity index (χ3n) is 5.09. The van der Waals surface area contributed by atoms with Crippen molar-refractivity contribution in [3.63, 3.8) is 0 Å². The van der Waals surface area contributed by atoms with E-state index in [4.69, 9.17) is 4.52 Å². The SMILES string of the molecule is Cc1cccc(-c2noc([C@H](C)NC(=O)c3ccc(Cn4nc(C)cc4C)cc3)n2)c1. The molecule has 4 rings (SSSR count). The summed E-state index contributed by atoms with van der Waals surface area (Å²) in [5.74, 6) is 0.680. The van der Waals surface area contributed by atoms with Gasteiger partial charge in [0.2, 0.25) is 11.7 Å². The van der Waals surface area contributed by atoms with Crippen molar-refractivity contribution in [1.82, 2.24) is 25.2 Å². The van der Waals surface area contributed by atoms with E-state index in [1.807, 2.05) is 87.0 Å². The van der Waals surface area contributed by atoms with Gasteiger partial charge in [-0.05, 0) is 57.5 Å². The molecule has 2 heterocycles. The van der Waals surface area contributed by atoms with Gasteiger partial charge in [0.1, 0.15) is 6.04 Å². The highest BCUT2D eigenvalue weighted by atomic mass is 16.5. The van der Waals surface area contributed by atoms with E-state index in [0.29, 0.717) is 23.8 Å². The molecule has 0 fully saturated rings. The van der Waals surface area contributed by atoms with Gasteiger partial charge in [-0.25, -0.2) is 0 Å². The zero-order valence-corrected chi connectivity index (χ0v) is 18.1. The summed E-state index contributed by atoms with van der Waals surface area (Å²) in [6, 6.07) is 17.0. The Morgan fingerprint density at radius 1 is 1.10 bits per heavy atom. The van der Waals surface area contributed by atoms with Gasteiger partial charge in [-0.3, -0.25) is 9.48 Å². The molecule has 0 aliphatic carbocycles. The van der Waals surface area contributed by atoms with Crippen LogP contribution in [0.3, 0.4) is 0 Å². The second-order valence-corrected chi connectivity index (χ2v) is 7.80. The predicted octanol–water partition coefficient (Wildman–Crippen LogP) is 4.40. The maximum atomic E-state index is 12.7. The molecular formula is C24H25N5O2. The van der Waals surface area contributed by atoms with Crippen LogP contribution in [-0.4, -0.2) is 25.8 Å². The van der Waals surface area contributed by atoms with Gasteiger partial charge in [0.15, 0.2) is 0 Å². The fourth-order valence-corrected chi connectivity index (χ4v) is 3.42. The number of benzene rings is 2. The Morgan fingerprint density at radius 2 is 1.87 bits per heavy atom. The molecule has 7 heteroatoms. The summed E-state index contributed by atoms with van der Waals surface area (Å²) in [6.07, 6.45) is 0. The molecule has 31 heavy (non-hydrogen) atoms. The number of hydrogen-bond donors (Lipinski definition) is 1. The largest absolute Gasteiger partial charge is 0.341 e. The van der Waals surface area contributed by atoms with Gasteiger partial charge < -0.3 is 9.84 Å². The average molecular weight is 415 g/mol. The molecule has 0 saturated heterocycles. The van der Waals surface area contributed by atoms with Crippen LogP contribution in [0, 0.1) is 20.8 Å². The van der Waals surface area contributed by atoms with Crippen LogP contribution in [0.4, 0.5) is 0 Å². The lowest BCUT2D eigenvalue weighted by Crippen LogP contribution is -2.26. The maximum Gasteiger partial charge on any atom is 0.251 e. The van der Waals surface area contributed by atoms with E-state index in [1.165, 1.54) is 0 Å². The van der Waals surface area contributed by atoms with Crippen LogP contribution < -0.4 is 5.32 Å². The van der Waals surface area contributed by atoms with Crippen molar-refractivity contribution in [1.29, 1.82) is 0 Å². The van der Waals surface area contributed by atoms with Crippen LogP contribution in [0.1, 0.15) is 51.7 Å². The molecule has 2 aromatic heterocycles. The first-order valence-corrected chi connectivity index (χ1v) is 10.2. The summed E-state index contributed by atoms with van der Waals surface area (Å²) in [4.78, 5) is 17.1. The Labute approximate surface area is 181 Å². The third-order valence-corrected chi connectivity index (χ3v) is 5.09. The summed E-state index contributed by atoms with van der Waals surface area (Å²) in [6.45, 7) is 8.51. The Morgan fingerprint density at radius 3 is 2.55 bits per heavy atom. The van der Waals surface area contributed by atoms with Crippen molar-refractivity contribution in [2.75, 3.05) is 0 Å². The number of hydrogen-bond acceptors (Lipinski definition) is 5. The van der Waals surface area contributed by atoms with E-state index in [1.54, 1.807) is 0 Å². The van der Waals surface area contributed by atoms with E-state index in [2.05, 4.69) is 20.6 Å². The van der Waals surface area contributed by atoms with Crippen molar-refractivity contribution < 1.29 is 9.32 Å². The normalized spacial score (nSPS) is 12.0. The first kappa shape index (κ1) is 20.5. The zero-order chi connectivity index (χ0) is 22.0. The maximum absolute atomic E-state index is 12.7. The van der Waals surface area contributed by atoms with Gasteiger partial charge in [0.05, 0.1) is 12.2 Å². The number of aryl methyl sites for hydroxylation is 3. The fraction of sp³-hybridized carbons (Fsp3) is 0.250. The highest BCUT2D eigenvalue weighted by molar-refractivity contribution is 5.94. The molecule has 0 spiro atoms. The van der Waals surface area contributed by atoms with Crippen LogP contribution in [-0.2, 0) is 6.54 Å². The Bertz CT molecular complexity index is 1210. The van der Waals surface area contributed by atoms with Crippen molar-refractivity contribution in [3.8, 4) is 11.4 Å². The van der Waals surface area contributed by atoms with Crippen molar-refractivity contribution in [2.24, 2.45) is 0 Å². The molecule has 158 valence electrons. The van der Waals surface area contributed by atoms with Gasteiger partial charge in [0.25, 0.3) is 5.91 Å². The summed E-state index contributed by atoms with van der Waals surface area (Å²) < 4.78 is 7.32. The summed E-state index contributed by atoms with van der Waals surface area (Å²) >= 11 is 0. The zero-order valence-electron chi connectivity index (χ0n) is 18.1. The smallest absolute Gasteiger partial charge is 0.251 e. The number of nitrogens with zero attached hydrogens (tertiary/aromatic N) is 4. The molecule has 0 saturated carbocycles. The summed E-state index contributed by atoms with van der Waals surface area (Å²) in [5, 5.41) is 11.4. The predicted molar refractivity (Wildman–Crippen MR) is 118 cm³/mol. The number of carbonyl (C=O) groups is 1. The monoisotopic (exact) mass is 415 g/mol. The molecule has 1 amide bonds. The Balaban J connectivity index is 1.40. The van der Waals surface area contributed by atoms with Crippen LogP contribution >= 0.6 is 0 Å². The molecule has 0 bridgehead atoms. The second-order valence-electron chi connectivity index (χ2n) is 7.80. The van der Waals surface area contributed by atoms with Gasteiger partial charge in [0, 0.05) is 16.8 Å². The van der Waals surface area contributed by atoms with Gasteiger partial charge >= 0.3 is 0 Å². The molecule has 1 N–H and O–H groups in total. The average Bonchev–Trinajstić information content (AvgIpc) is 3.35. The van der Waals surface area contributed by atoms with E-state index in [-0.39, 0.29) is 5.91 Å². The van der Waals surface area contributed by atoms with Crippen molar-refractivity contribution >= 4 is 5.91 Å². The molecule has 4 aromatic rings. The first-order valence-electron chi connectivity index (χ1n) is 10.2. The standard InChI is InChI=1S/C24H25N5O2/c1-15-6-5-7-21(12-15)22-26-24(31-28-22)18(4)25-23(30)20-10-8-19(9-11-20)14-29-17(3)13-16(2)27-29/h5-13,18H,14H2,1-4H3,(H,25,30)/t18-/m0/s1. The highest BCUT2D eigenvalue weighted by Crippen LogP contribution is 2.20. The summed E-state index contributed by atoms with van der Waals surface area (Å²) in [5.41, 5.74) is 5.75. The lowest BCUT2D eigenvalue weighted by molar-refractivity contribution is 0.0932. The van der Waals surface area contributed by atoms with Crippen LogP contribution in [0.25, 0.3) is 11.4 Å². The third kappa shape index (κ3) is 4.71. The van der Waals surface area contributed by atoms with Gasteiger partial charge in [-0.1, -0.05) is 41.1 Å². The fourth-order valence-electron chi connectivity index (χ4n) is 3.42. The van der Waals surface area contributed by atoms with E-state index >= 15 is 0 Å². The first-order chi connectivity index (χ1) is 14.9. The van der Waals surface area contributed by atoms with E-state index in [9.17, 15) is 4.79 Å². The minimum Gasteiger partial charge on any atom is -0.341 e. The molecule has 2 aromatic carbocycles. The van der Waals surface area contributed by atoms with Crippen molar-refractivity contribution in [2.45, 2.75) is 40.3 Å².